The van der Waals surface area contributed by atoms with E-state index in [1.807, 2.05) is 4.72 Å². The normalized spacial score (nSPS) is 23.7. The zero-order valence-corrected chi connectivity index (χ0v) is 28.0. The van der Waals surface area contributed by atoms with E-state index < -0.39 is 39.4 Å². The number of aliphatic hydroxyl groups is 1. The Morgan fingerprint density at radius 3 is 2.02 bits per heavy atom. The highest BCUT2D eigenvalue weighted by Crippen LogP contribution is 2.61. The zero-order chi connectivity index (χ0) is 35.7. The molecule has 0 aliphatic heterocycles. The van der Waals surface area contributed by atoms with Gasteiger partial charge < -0.3 is 24.1 Å². The van der Waals surface area contributed by atoms with E-state index in [4.69, 9.17) is 18.9 Å². The summed E-state index contributed by atoms with van der Waals surface area (Å²) < 4.78 is 129. The van der Waals surface area contributed by atoms with Crippen molar-refractivity contribution < 1.29 is 63.6 Å². The molecule has 1 aromatic heterocycles. The van der Waals surface area contributed by atoms with Crippen molar-refractivity contribution in [3.05, 3.63) is 35.5 Å². The van der Waals surface area contributed by atoms with Gasteiger partial charge in [0.2, 0.25) is 0 Å². The molecule has 0 radical (unpaired) electrons. The molecule has 1 aromatic carbocycles. The van der Waals surface area contributed by atoms with Gasteiger partial charge in [0, 0.05) is 11.3 Å². The molecular formula is C30H37F6N3O8S2. The summed E-state index contributed by atoms with van der Waals surface area (Å²) in [5.41, 5.74) is -7.06. The Hall–Kier alpha value is -2.55. The predicted octanol–water partition coefficient (Wildman–Crippen LogP) is 5.15. The lowest BCUT2D eigenvalue weighted by Gasteiger charge is -2.38. The first-order chi connectivity index (χ1) is 22.9. The van der Waals surface area contributed by atoms with E-state index >= 15 is 0 Å². The number of nitrogens with one attached hydrogen (secondary N) is 2. The van der Waals surface area contributed by atoms with Crippen LogP contribution >= 0.6 is 11.3 Å². The van der Waals surface area contributed by atoms with Crippen molar-refractivity contribution in [3.8, 4) is 0 Å². The summed E-state index contributed by atoms with van der Waals surface area (Å²) in [6.07, 6.45) is -5.90. The van der Waals surface area contributed by atoms with Crippen LogP contribution in [-0.4, -0.2) is 88.6 Å². The van der Waals surface area contributed by atoms with E-state index in [1.54, 1.807) is 0 Å². The van der Waals surface area contributed by atoms with Gasteiger partial charge in [-0.25, -0.2) is 13.4 Å². The molecule has 4 aliphatic carbocycles. The first kappa shape index (κ1) is 37.7. The molecule has 3 N–H and O–H groups in total. The van der Waals surface area contributed by atoms with E-state index in [0.717, 1.165) is 17.8 Å². The fourth-order valence-corrected chi connectivity index (χ4v) is 9.63. The highest BCUT2D eigenvalue weighted by atomic mass is 32.2. The Bertz CT molecular complexity index is 1530. The van der Waals surface area contributed by atoms with Crippen LogP contribution in [0.1, 0.15) is 43.4 Å². The maximum absolute atomic E-state index is 13.1. The summed E-state index contributed by atoms with van der Waals surface area (Å²) in [4.78, 5) is 16.2. The maximum Gasteiger partial charge on any atom is 0.430 e. The van der Waals surface area contributed by atoms with Gasteiger partial charge in [-0.3, -0.25) is 14.8 Å². The fourth-order valence-electron chi connectivity index (χ4n) is 7.14. The lowest BCUT2D eigenvalue weighted by molar-refractivity contribution is -0.376. The minimum absolute atomic E-state index is 0.0339. The molecule has 2 aromatic rings. The number of amides is 1. The monoisotopic (exact) mass is 745 g/mol. The average Bonchev–Trinajstić information content (AvgIpc) is 3.60. The molecule has 2 atom stereocenters. The van der Waals surface area contributed by atoms with Crippen LogP contribution in [0.2, 0.25) is 0 Å². The Morgan fingerprint density at radius 2 is 1.47 bits per heavy atom. The van der Waals surface area contributed by atoms with Crippen LogP contribution in [0, 0.1) is 24.7 Å². The highest BCUT2D eigenvalue weighted by molar-refractivity contribution is 7.94. The number of carbonyl (C=O) groups is 1. The molecule has 11 nitrogen and oxygen atoms in total. The van der Waals surface area contributed by atoms with Crippen molar-refractivity contribution in [2.24, 2.45) is 17.8 Å². The fraction of sp³-hybridized carbons (Fsp3) is 0.667. The molecule has 4 aliphatic rings. The number of benzene rings is 1. The molecule has 0 saturated heterocycles. The summed E-state index contributed by atoms with van der Waals surface area (Å²) in [7, 11) is -4.43. The van der Waals surface area contributed by atoms with Crippen molar-refractivity contribution >= 4 is 38.1 Å². The van der Waals surface area contributed by atoms with Crippen LogP contribution in [0.5, 0.6) is 0 Å². The molecule has 6 rings (SSSR count). The number of nitrogens with zero attached hydrogens (tertiary/aromatic N) is 1. The van der Waals surface area contributed by atoms with E-state index in [2.05, 4.69) is 10.3 Å². The third-order valence-corrected chi connectivity index (χ3v) is 12.2. The Kier molecular flexibility index (Phi) is 11.2. The van der Waals surface area contributed by atoms with Crippen LogP contribution in [-0.2, 0) is 39.4 Å². The number of thiazole rings is 1. The molecule has 1 amide bonds. The van der Waals surface area contributed by atoms with Gasteiger partial charge >= 0.3 is 12.4 Å². The molecule has 4 fully saturated rings. The molecule has 1 heterocycles. The number of aromatic nitrogens is 1. The molecule has 2 unspecified atom stereocenters. The predicted molar refractivity (Wildman–Crippen MR) is 163 cm³/mol. The third-order valence-electron chi connectivity index (χ3n) is 9.10. The second-order valence-corrected chi connectivity index (χ2v) is 15.5. The van der Waals surface area contributed by atoms with E-state index in [0.29, 0.717) is 62.0 Å². The molecule has 19 heteroatoms. The van der Waals surface area contributed by atoms with Gasteiger partial charge in [-0.1, -0.05) is 23.5 Å². The summed E-state index contributed by atoms with van der Waals surface area (Å²) >= 11 is 0.565. The highest BCUT2D eigenvalue weighted by Gasteiger charge is 2.71. The van der Waals surface area contributed by atoms with Crippen molar-refractivity contribution in [1.82, 2.24) is 4.98 Å². The molecule has 49 heavy (non-hydrogen) atoms. The van der Waals surface area contributed by atoms with Gasteiger partial charge in [0.1, 0.15) is 6.61 Å². The van der Waals surface area contributed by atoms with Gasteiger partial charge in [-0.15, -0.1) is 0 Å². The van der Waals surface area contributed by atoms with Gasteiger partial charge in [0.05, 0.1) is 50.9 Å². The summed E-state index contributed by atoms with van der Waals surface area (Å²) in [6.45, 7) is 3.03. The minimum atomic E-state index is -6.09. The first-order valence-electron chi connectivity index (χ1n) is 15.6. The number of carbonyl (C=O) groups excluding carboxylic acids is 1. The van der Waals surface area contributed by atoms with Crippen molar-refractivity contribution in [2.45, 2.75) is 66.8 Å². The van der Waals surface area contributed by atoms with E-state index in [9.17, 15) is 44.7 Å². The van der Waals surface area contributed by atoms with E-state index in [1.165, 1.54) is 39.0 Å². The molecular weight excluding hydrogens is 708 g/mol. The average molecular weight is 746 g/mol. The Labute approximate surface area is 282 Å². The molecule has 0 spiro atoms. The Balaban J connectivity index is 0.975. The molecule has 274 valence electrons. The second kappa shape index (κ2) is 14.6. The summed E-state index contributed by atoms with van der Waals surface area (Å²) in [5, 5.41) is 11.8. The van der Waals surface area contributed by atoms with Crippen LogP contribution in [0.3, 0.4) is 0 Å². The number of hydrogen-bond donors (Lipinski definition) is 3. The van der Waals surface area contributed by atoms with Crippen LogP contribution in [0.25, 0.3) is 0 Å². The maximum atomic E-state index is 13.1. The summed E-state index contributed by atoms with van der Waals surface area (Å²) in [6, 6.07) is 1.89. The first-order valence-corrected chi connectivity index (χ1v) is 17.9. The number of hydrogen-bond acceptors (Lipinski definition) is 10. The number of ether oxygens (including phenoxy) is 4. The summed E-state index contributed by atoms with van der Waals surface area (Å²) in [5.74, 6) is 1.90. The number of halogens is 6. The van der Waals surface area contributed by atoms with Crippen LogP contribution < -0.4 is 10.0 Å². The largest absolute Gasteiger partial charge is 0.430 e. The minimum Gasteiger partial charge on any atom is -0.377 e. The van der Waals surface area contributed by atoms with Gasteiger partial charge in [0.15, 0.2) is 9.34 Å². The van der Waals surface area contributed by atoms with Gasteiger partial charge in [-0.2, -0.15) is 26.3 Å². The third kappa shape index (κ3) is 8.50. The van der Waals surface area contributed by atoms with Crippen molar-refractivity contribution in [3.63, 3.8) is 0 Å². The number of aryl methyl sites for hydroxylation is 1. The topological polar surface area (TPSA) is 145 Å². The SMILES string of the molecule is Cc1nc(NC(=O)COCCOCCOCCOC23CC4CC(C2)C(C4)C3)sc1S(=O)(=O)Nc1ccc(C(O)(C(F)(F)F)C(F)(F)F)cc1. The van der Waals surface area contributed by atoms with E-state index in [-0.39, 0.29) is 46.1 Å². The van der Waals surface area contributed by atoms with Crippen LogP contribution in [0.15, 0.2) is 28.5 Å². The molecule has 4 saturated carbocycles. The quantitative estimate of drug-likeness (QED) is 0.148. The van der Waals surface area contributed by atoms with Crippen LogP contribution in [0.4, 0.5) is 37.2 Å². The standard InChI is InChI=1S/C30H37F6N3O8S2/c1-18-25(49(42,43)39-23-4-2-22(3-5-23)28(41,29(31,32)33)30(34,35)36)48-26(37-18)38-24(40)17-46-9-8-44-6-7-45-10-11-47-27-14-19-12-20(15-27)21(13-19)16-27/h2-5,19-21,39,41H,6-17H2,1H3,(H,37,38,40). The smallest absolute Gasteiger partial charge is 0.377 e. The number of anilines is 2. The zero-order valence-electron chi connectivity index (χ0n) is 26.4. The van der Waals surface area contributed by atoms with Crippen molar-refractivity contribution in [2.75, 3.05) is 56.3 Å². The second-order valence-electron chi connectivity index (χ2n) is 12.6. The lowest BCUT2D eigenvalue weighted by Crippen LogP contribution is -2.53. The lowest BCUT2D eigenvalue weighted by atomic mass is 9.78. The van der Waals surface area contributed by atoms with Gasteiger partial charge in [0.25, 0.3) is 21.5 Å². The van der Waals surface area contributed by atoms with Gasteiger partial charge in [-0.05, 0) is 68.9 Å². The number of sulfonamides is 1. The van der Waals surface area contributed by atoms with Crippen molar-refractivity contribution in [1.29, 1.82) is 0 Å². The Morgan fingerprint density at radius 1 is 0.918 bits per heavy atom. The number of alkyl halides is 6. The number of rotatable bonds is 17. The molecule has 4 bridgehead atoms.